The number of ether oxygens (including phenoxy) is 2. The van der Waals surface area contributed by atoms with Gasteiger partial charge in [-0.1, -0.05) is 0 Å². The third kappa shape index (κ3) is 4.11. The number of benzene rings is 1. The van der Waals surface area contributed by atoms with E-state index in [2.05, 4.69) is 20.6 Å². The molecule has 0 saturated carbocycles. The molecule has 1 fully saturated rings. The lowest BCUT2D eigenvalue weighted by Crippen LogP contribution is -2.52. The van der Waals surface area contributed by atoms with Crippen molar-refractivity contribution in [1.29, 1.82) is 0 Å². The van der Waals surface area contributed by atoms with E-state index in [-0.39, 0.29) is 11.8 Å². The highest BCUT2D eigenvalue weighted by Gasteiger charge is 2.49. The van der Waals surface area contributed by atoms with Crippen molar-refractivity contribution in [3.05, 3.63) is 42.3 Å². The second-order valence-electron chi connectivity index (χ2n) is 6.13. The van der Waals surface area contributed by atoms with Crippen LogP contribution in [0.3, 0.4) is 0 Å². The van der Waals surface area contributed by atoms with Gasteiger partial charge >= 0.3 is 11.9 Å². The predicted octanol–water partition coefficient (Wildman–Crippen LogP) is 1.34. The van der Waals surface area contributed by atoms with Gasteiger partial charge in [-0.15, -0.1) is 0 Å². The number of carbonyl (C=O) groups is 2. The van der Waals surface area contributed by atoms with E-state index in [1.165, 1.54) is 25.3 Å². The average molecular weight is 376 g/mol. The number of nitrogens with zero attached hydrogens (tertiary/aromatic N) is 2. The summed E-state index contributed by atoms with van der Waals surface area (Å²) in [5.41, 5.74) is -1.10. The molecule has 1 aromatic carbocycles. The lowest BCUT2D eigenvalue weighted by molar-refractivity contribution is -0.188. The van der Waals surface area contributed by atoms with Gasteiger partial charge in [-0.2, -0.15) is 4.98 Å². The van der Waals surface area contributed by atoms with Gasteiger partial charge in [0.2, 0.25) is 5.95 Å². The number of aliphatic hydroxyl groups is 1. The van der Waals surface area contributed by atoms with Crippen LogP contribution in [0.25, 0.3) is 0 Å². The summed E-state index contributed by atoms with van der Waals surface area (Å²) in [6.45, 7) is 2.94. The van der Waals surface area contributed by atoms with Crippen molar-refractivity contribution in [3.63, 3.8) is 0 Å². The van der Waals surface area contributed by atoms with Crippen molar-refractivity contribution in [2.24, 2.45) is 0 Å². The highest BCUT2D eigenvalue weighted by molar-refractivity contribution is 6.31. The van der Waals surface area contributed by atoms with Gasteiger partial charge in [-0.05, 0) is 44.2 Å². The fourth-order valence-electron chi connectivity index (χ4n) is 2.28. The quantitative estimate of drug-likeness (QED) is 0.506. The highest BCUT2D eigenvalue weighted by Crippen LogP contribution is 2.25. The Hall–Kier alpha value is -3.27. The molecular formula is C17H17FN4O5. The first-order valence-electron chi connectivity index (χ1n) is 8.02. The molecule has 0 spiro atoms. The predicted molar refractivity (Wildman–Crippen MR) is 91.4 cm³/mol. The highest BCUT2D eigenvalue weighted by atomic mass is 19.1. The van der Waals surface area contributed by atoms with Crippen LogP contribution in [0, 0.1) is 5.82 Å². The molecule has 142 valence electrons. The van der Waals surface area contributed by atoms with Crippen molar-refractivity contribution in [2.45, 2.75) is 31.8 Å². The normalized spacial score (nSPS) is 17.6. The third-order valence-electron chi connectivity index (χ3n) is 4.07. The minimum atomic E-state index is -1.73. The Morgan fingerprint density at radius 2 is 1.81 bits per heavy atom. The number of carbonyl (C=O) groups excluding carboxylic acids is 2. The fourth-order valence-corrected chi connectivity index (χ4v) is 2.28. The number of esters is 2. The number of rotatable bonds is 6. The minimum absolute atomic E-state index is 0.172. The van der Waals surface area contributed by atoms with Crippen LogP contribution in [-0.4, -0.2) is 44.9 Å². The zero-order chi connectivity index (χ0) is 19.6. The molecule has 9 nitrogen and oxygen atoms in total. The molecule has 1 aliphatic heterocycles. The number of hydrogen-bond donors (Lipinski definition) is 3. The molecule has 0 aliphatic carbocycles. The van der Waals surface area contributed by atoms with E-state index in [9.17, 15) is 19.1 Å². The molecule has 27 heavy (non-hydrogen) atoms. The number of nitrogens with one attached hydrogen (secondary N) is 2. The van der Waals surface area contributed by atoms with E-state index in [1.54, 1.807) is 25.1 Å². The molecule has 3 rings (SSSR count). The van der Waals surface area contributed by atoms with Gasteiger partial charge in [0.05, 0.1) is 6.04 Å². The van der Waals surface area contributed by atoms with Crippen molar-refractivity contribution >= 4 is 29.4 Å². The van der Waals surface area contributed by atoms with Crippen molar-refractivity contribution in [2.75, 3.05) is 10.6 Å². The van der Waals surface area contributed by atoms with Gasteiger partial charge in [-0.3, -0.25) is 0 Å². The van der Waals surface area contributed by atoms with Gasteiger partial charge in [-0.25, -0.2) is 19.0 Å². The Morgan fingerprint density at radius 1 is 1.19 bits per heavy atom. The van der Waals surface area contributed by atoms with E-state index in [1.807, 2.05) is 0 Å². The van der Waals surface area contributed by atoms with Crippen LogP contribution >= 0.6 is 0 Å². The Morgan fingerprint density at radius 3 is 2.44 bits per heavy atom. The topological polar surface area (TPSA) is 123 Å². The lowest BCUT2D eigenvalue weighted by Gasteiger charge is -2.33. The molecule has 1 aromatic heterocycles. The van der Waals surface area contributed by atoms with Crippen LogP contribution in [0.2, 0.25) is 0 Å². The van der Waals surface area contributed by atoms with Crippen molar-refractivity contribution in [3.8, 4) is 0 Å². The number of halogens is 1. The van der Waals surface area contributed by atoms with Crippen LogP contribution in [-0.2, 0) is 19.1 Å². The van der Waals surface area contributed by atoms with Gasteiger partial charge < -0.3 is 25.2 Å². The molecule has 2 heterocycles. The molecule has 0 amide bonds. The Labute approximate surface area is 153 Å². The van der Waals surface area contributed by atoms with Crippen LogP contribution in [0.5, 0.6) is 0 Å². The van der Waals surface area contributed by atoms with Crippen LogP contribution in [0.1, 0.15) is 13.8 Å². The molecule has 1 saturated heterocycles. The molecule has 0 bridgehead atoms. The largest absolute Gasteiger partial charge is 0.420 e. The summed E-state index contributed by atoms with van der Waals surface area (Å²) in [5, 5.41) is 16.4. The minimum Gasteiger partial charge on any atom is -0.413 e. The fraction of sp³-hybridized carbons (Fsp3) is 0.294. The van der Waals surface area contributed by atoms with Crippen molar-refractivity contribution < 1.29 is 28.6 Å². The zero-order valence-electron chi connectivity index (χ0n) is 14.5. The monoisotopic (exact) mass is 376 g/mol. The van der Waals surface area contributed by atoms with E-state index in [0.717, 1.165) is 0 Å². The zero-order valence-corrected chi connectivity index (χ0v) is 14.5. The Bertz CT molecular complexity index is 843. The first-order valence-corrected chi connectivity index (χ1v) is 8.02. The molecular weight excluding hydrogens is 359 g/mol. The summed E-state index contributed by atoms with van der Waals surface area (Å²) >= 11 is 0. The third-order valence-corrected chi connectivity index (χ3v) is 4.07. The van der Waals surface area contributed by atoms with Gasteiger partial charge in [0.25, 0.3) is 6.29 Å². The second kappa shape index (κ2) is 7.16. The van der Waals surface area contributed by atoms with E-state index < -0.39 is 29.9 Å². The Kier molecular flexibility index (Phi) is 4.91. The van der Waals surface area contributed by atoms with Crippen LogP contribution in [0.4, 0.5) is 21.8 Å². The molecule has 10 heteroatoms. The second-order valence-corrected chi connectivity index (χ2v) is 6.13. The molecule has 0 radical (unpaired) electrons. The van der Waals surface area contributed by atoms with Gasteiger partial charge in [0, 0.05) is 11.9 Å². The maximum absolute atomic E-state index is 13.0. The van der Waals surface area contributed by atoms with Gasteiger partial charge in [0.15, 0.2) is 5.60 Å². The average Bonchev–Trinajstić information content (AvgIpc) is 2.97. The van der Waals surface area contributed by atoms with Crippen molar-refractivity contribution in [1.82, 2.24) is 9.97 Å². The van der Waals surface area contributed by atoms with Gasteiger partial charge in [0.1, 0.15) is 11.6 Å². The summed E-state index contributed by atoms with van der Waals surface area (Å²) in [6.07, 6.45) is 0.0404. The number of aromatic nitrogens is 2. The first kappa shape index (κ1) is 18.5. The summed E-state index contributed by atoms with van der Waals surface area (Å²) in [5.74, 6) is -2.06. The molecule has 3 N–H and O–H groups in total. The smallest absolute Gasteiger partial charge is 0.413 e. The first-order chi connectivity index (χ1) is 12.8. The number of anilines is 3. The maximum atomic E-state index is 13.0. The van der Waals surface area contributed by atoms with E-state index in [4.69, 9.17) is 9.47 Å². The molecule has 1 aliphatic rings. The number of cyclic esters (lactones) is 2. The lowest BCUT2D eigenvalue weighted by atomic mass is 9.97. The summed E-state index contributed by atoms with van der Waals surface area (Å²) in [7, 11) is 0. The standard InChI is InChI=1S/C17H17FN4O5/c1-9(17(2,25)15-26-13(23)14(24)27-15)20-16-19-8-7-12(22-16)21-11-5-3-10(18)4-6-11/h3-9,15,25H,1-2H3,(H2,19,20,21,22). The van der Waals surface area contributed by atoms with Crippen LogP contribution < -0.4 is 10.6 Å². The summed E-state index contributed by atoms with van der Waals surface area (Å²) in [6, 6.07) is 6.60. The SMILES string of the molecule is CC(Nc1nccc(Nc2ccc(F)cc2)n1)C(C)(O)C1OC(=O)C(=O)O1. The Balaban J connectivity index is 1.69. The summed E-state index contributed by atoms with van der Waals surface area (Å²) in [4.78, 5) is 30.6. The summed E-state index contributed by atoms with van der Waals surface area (Å²) < 4.78 is 22.4. The molecule has 2 aromatic rings. The number of hydrogen-bond acceptors (Lipinski definition) is 9. The van der Waals surface area contributed by atoms with E-state index in [0.29, 0.717) is 11.5 Å². The molecule has 2 unspecified atom stereocenters. The van der Waals surface area contributed by atoms with E-state index >= 15 is 0 Å². The molecule has 2 atom stereocenters. The van der Waals surface area contributed by atoms with Crippen LogP contribution in [0.15, 0.2) is 36.5 Å². The maximum Gasteiger partial charge on any atom is 0.420 e.